The third kappa shape index (κ3) is 10.8. The Kier molecular flexibility index (Phi) is 10.6. The van der Waals surface area contributed by atoms with Crippen molar-refractivity contribution in [2.24, 2.45) is 0 Å². The highest BCUT2D eigenvalue weighted by atomic mass is 16.5. The standard InChI is InChI=1S/C20H30O6/c1-15(21)8-3-5-12-19(23)25-17-10-7-11-18(14-17)26-20(24)13-6-4-9-16(2)22/h7,10-11,14-16,21-22H,3-6,8-9,12-13H2,1-2H3. The highest BCUT2D eigenvalue weighted by Crippen LogP contribution is 2.21. The third-order valence-electron chi connectivity index (χ3n) is 3.77. The molecule has 2 atom stereocenters. The fourth-order valence-electron chi connectivity index (χ4n) is 2.38. The van der Waals surface area contributed by atoms with E-state index < -0.39 is 0 Å². The van der Waals surface area contributed by atoms with Gasteiger partial charge in [0.05, 0.1) is 12.2 Å². The van der Waals surface area contributed by atoms with Gasteiger partial charge in [-0.25, -0.2) is 0 Å². The molecule has 0 heterocycles. The van der Waals surface area contributed by atoms with Crippen LogP contribution in [0.4, 0.5) is 0 Å². The van der Waals surface area contributed by atoms with E-state index in [1.165, 1.54) is 6.07 Å². The molecule has 0 spiro atoms. The van der Waals surface area contributed by atoms with Crippen molar-refractivity contribution in [1.29, 1.82) is 0 Å². The second kappa shape index (κ2) is 12.4. The largest absolute Gasteiger partial charge is 0.426 e. The van der Waals surface area contributed by atoms with E-state index in [4.69, 9.17) is 9.47 Å². The number of hydrogen-bond acceptors (Lipinski definition) is 6. The zero-order valence-corrected chi connectivity index (χ0v) is 15.6. The van der Waals surface area contributed by atoms with Gasteiger partial charge in [0.1, 0.15) is 11.5 Å². The summed E-state index contributed by atoms with van der Waals surface area (Å²) in [5, 5.41) is 18.4. The predicted molar refractivity (Wildman–Crippen MR) is 98.0 cm³/mol. The molecule has 1 rings (SSSR count). The van der Waals surface area contributed by atoms with Gasteiger partial charge in [0.2, 0.25) is 0 Å². The van der Waals surface area contributed by atoms with Crippen molar-refractivity contribution in [3.63, 3.8) is 0 Å². The molecule has 2 N–H and O–H groups in total. The molecular weight excluding hydrogens is 336 g/mol. The molecule has 0 aliphatic heterocycles. The molecule has 0 aliphatic rings. The zero-order valence-electron chi connectivity index (χ0n) is 15.6. The van der Waals surface area contributed by atoms with Crippen LogP contribution in [-0.4, -0.2) is 34.4 Å². The lowest BCUT2D eigenvalue weighted by molar-refractivity contribution is -0.135. The van der Waals surface area contributed by atoms with Gasteiger partial charge in [0.15, 0.2) is 0 Å². The first-order chi connectivity index (χ1) is 12.4. The number of carbonyl (C=O) groups is 2. The maximum atomic E-state index is 11.8. The lowest BCUT2D eigenvalue weighted by Crippen LogP contribution is -2.10. The molecule has 6 nitrogen and oxygen atoms in total. The minimum atomic E-state index is -0.357. The molecule has 0 saturated carbocycles. The molecule has 0 fully saturated rings. The van der Waals surface area contributed by atoms with Crippen LogP contribution in [-0.2, 0) is 9.59 Å². The number of unbranched alkanes of at least 4 members (excludes halogenated alkanes) is 2. The molecule has 1 aromatic rings. The van der Waals surface area contributed by atoms with Gasteiger partial charge in [-0.05, 0) is 51.7 Å². The molecule has 0 radical (unpaired) electrons. The number of benzene rings is 1. The Hall–Kier alpha value is -1.92. The topological polar surface area (TPSA) is 93.1 Å². The Labute approximate surface area is 155 Å². The number of aliphatic hydroxyl groups is 2. The minimum Gasteiger partial charge on any atom is -0.426 e. The molecule has 1 aromatic carbocycles. The molecule has 0 amide bonds. The number of carbonyl (C=O) groups excluding carboxylic acids is 2. The zero-order chi connectivity index (χ0) is 19.4. The van der Waals surface area contributed by atoms with Crippen LogP contribution in [0.25, 0.3) is 0 Å². The van der Waals surface area contributed by atoms with Crippen molar-refractivity contribution in [2.75, 3.05) is 0 Å². The summed E-state index contributed by atoms with van der Waals surface area (Å²) in [6.07, 6.45) is 4.01. The van der Waals surface area contributed by atoms with E-state index in [0.717, 1.165) is 12.8 Å². The summed E-state index contributed by atoms with van der Waals surface area (Å²) in [5.74, 6) is -0.0238. The Morgan fingerprint density at radius 1 is 0.846 bits per heavy atom. The first-order valence-corrected chi connectivity index (χ1v) is 9.24. The van der Waals surface area contributed by atoms with Crippen LogP contribution >= 0.6 is 0 Å². The van der Waals surface area contributed by atoms with Gasteiger partial charge in [0.25, 0.3) is 0 Å². The van der Waals surface area contributed by atoms with Crippen molar-refractivity contribution in [2.45, 2.75) is 77.4 Å². The normalized spacial score (nSPS) is 13.1. The summed E-state index contributed by atoms with van der Waals surface area (Å²) in [7, 11) is 0. The smallest absolute Gasteiger partial charge is 0.311 e. The van der Waals surface area contributed by atoms with E-state index in [1.807, 2.05) is 0 Å². The third-order valence-corrected chi connectivity index (χ3v) is 3.77. The van der Waals surface area contributed by atoms with E-state index in [-0.39, 0.29) is 37.0 Å². The van der Waals surface area contributed by atoms with Crippen LogP contribution in [0.15, 0.2) is 24.3 Å². The highest BCUT2D eigenvalue weighted by molar-refractivity contribution is 5.74. The summed E-state index contributed by atoms with van der Waals surface area (Å²) in [6.45, 7) is 3.44. The quantitative estimate of drug-likeness (QED) is 0.335. The number of esters is 2. The lowest BCUT2D eigenvalue weighted by Gasteiger charge is -2.08. The maximum absolute atomic E-state index is 11.8. The Morgan fingerprint density at radius 2 is 1.27 bits per heavy atom. The summed E-state index contributed by atoms with van der Waals surface area (Å²) in [4.78, 5) is 23.6. The second-order valence-corrected chi connectivity index (χ2v) is 6.61. The Balaban J connectivity index is 2.35. The lowest BCUT2D eigenvalue weighted by atomic mass is 10.1. The van der Waals surface area contributed by atoms with Crippen LogP contribution in [0.1, 0.15) is 65.2 Å². The number of rotatable bonds is 12. The van der Waals surface area contributed by atoms with E-state index in [9.17, 15) is 19.8 Å². The minimum absolute atomic E-state index is 0.278. The average Bonchev–Trinajstić information content (AvgIpc) is 2.55. The summed E-state index contributed by atoms with van der Waals surface area (Å²) in [5.41, 5.74) is 0. The van der Waals surface area contributed by atoms with Crippen LogP contribution in [0.3, 0.4) is 0 Å². The molecule has 0 saturated heterocycles. The van der Waals surface area contributed by atoms with Crippen LogP contribution < -0.4 is 9.47 Å². The molecule has 2 unspecified atom stereocenters. The first kappa shape index (κ1) is 22.1. The SMILES string of the molecule is CC(O)CCCCC(=O)Oc1cccc(OC(=O)CCCCC(C)O)c1. The van der Waals surface area contributed by atoms with E-state index in [0.29, 0.717) is 37.2 Å². The molecule has 0 bridgehead atoms. The molecule has 0 aromatic heterocycles. The van der Waals surface area contributed by atoms with E-state index in [1.54, 1.807) is 32.0 Å². The van der Waals surface area contributed by atoms with Gasteiger partial charge in [-0.3, -0.25) is 9.59 Å². The van der Waals surface area contributed by atoms with Gasteiger partial charge in [-0.15, -0.1) is 0 Å². The average molecular weight is 366 g/mol. The van der Waals surface area contributed by atoms with Crippen molar-refractivity contribution < 1.29 is 29.3 Å². The Bertz CT molecular complexity index is 508. The summed E-state index contributed by atoms with van der Waals surface area (Å²) in [6, 6.07) is 6.44. The number of aliphatic hydroxyl groups excluding tert-OH is 2. The monoisotopic (exact) mass is 366 g/mol. The van der Waals surface area contributed by atoms with E-state index in [2.05, 4.69) is 0 Å². The molecule has 0 aliphatic carbocycles. The molecule has 146 valence electrons. The van der Waals surface area contributed by atoms with Crippen molar-refractivity contribution in [3.8, 4) is 11.5 Å². The highest BCUT2D eigenvalue weighted by Gasteiger charge is 2.09. The van der Waals surface area contributed by atoms with Crippen LogP contribution in [0, 0.1) is 0 Å². The summed E-state index contributed by atoms with van der Waals surface area (Å²) >= 11 is 0. The van der Waals surface area contributed by atoms with Crippen molar-refractivity contribution in [1.82, 2.24) is 0 Å². The van der Waals surface area contributed by atoms with Crippen LogP contribution in [0.5, 0.6) is 11.5 Å². The van der Waals surface area contributed by atoms with E-state index >= 15 is 0 Å². The fraction of sp³-hybridized carbons (Fsp3) is 0.600. The van der Waals surface area contributed by atoms with Gasteiger partial charge >= 0.3 is 11.9 Å². The maximum Gasteiger partial charge on any atom is 0.311 e. The summed E-state index contributed by atoms with van der Waals surface area (Å²) < 4.78 is 10.5. The molecular formula is C20H30O6. The first-order valence-electron chi connectivity index (χ1n) is 9.24. The van der Waals surface area contributed by atoms with Gasteiger partial charge in [-0.2, -0.15) is 0 Å². The fourth-order valence-corrected chi connectivity index (χ4v) is 2.38. The predicted octanol–water partition coefficient (Wildman–Crippen LogP) is 3.38. The number of hydrogen-bond donors (Lipinski definition) is 2. The number of ether oxygens (including phenoxy) is 2. The van der Waals surface area contributed by atoms with Crippen molar-refractivity contribution in [3.05, 3.63) is 24.3 Å². The van der Waals surface area contributed by atoms with Crippen molar-refractivity contribution >= 4 is 11.9 Å². The molecule has 26 heavy (non-hydrogen) atoms. The second-order valence-electron chi connectivity index (χ2n) is 6.61. The van der Waals surface area contributed by atoms with Crippen LogP contribution in [0.2, 0.25) is 0 Å². The van der Waals surface area contributed by atoms with Gasteiger partial charge < -0.3 is 19.7 Å². The molecule has 6 heteroatoms. The Morgan fingerprint density at radius 3 is 1.65 bits per heavy atom. The van der Waals surface area contributed by atoms with Gasteiger partial charge in [0, 0.05) is 18.9 Å². The van der Waals surface area contributed by atoms with Gasteiger partial charge in [-0.1, -0.05) is 18.9 Å².